The SMILES string of the molecule is CCSCCn1cc(S(=O)(=O)Cl)c2c(F)cccc21. The van der Waals surface area contributed by atoms with Crippen LogP contribution in [0.5, 0.6) is 0 Å². The van der Waals surface area contributed by atoms with Crippen molar-refractivity contribution in [1.82, 2.24) is 4.57 Å². The highest BCUT2D eigenvalue weighted by Gasteiger charge is 2.21. The van der Waals surface area contributed by atoms with Crippen molar-refractivity contribution in [2.75, 3.05) is 11.5 Å². The molecule has 0 amide bonds. The first-order valence-electron chi connectivity index (χ1n) is 5.75. The lowest BCUT2D eigenvalue weighted by Crippen LogP contribution is -1.99. The van der Waals surface area contributed by atoms with Crippen molar-refractivity contribution in [2.45, 2.75) is 18.4 Å². The van der Waals surface area contributed by atoms with E-state index in [-0.39, 0.29) is 10.3 Å². The molecule has 104 valence electrons. The molecule has 7 heteroatoms. The van der Waals surface area contributed by atoms with Crippen LogP contribution in [0, 0.1) is 5.82 Å². The molecule has 0 atom stereocenters. The zero-order valence-electron chi connectivity index (χ0n) is 10.3. The minimum absolute atomic E-state index is 0.0685. The lowest BCUT2D eigenvalue weighted by molar-refractivity contribution is 0.607. The summed E-state index contributed by atoms with van der Waals surface area (Å²) < 4.78 is 38.6. The van der Waals surface area contributed by atoms with Crippen LogP contribution in [0.1, 0.15) is 6.92 Å². The Balaban J connectivity index is 2.58. The lowest BCUT2D eigenvalue weighted by Gasteiger charge is -2.04. The van der Waals surface area contributed by atoms with E-state index < -0.39 is 14.9 Å². The third-order valence-corrected chi connectivity index (χ3v) is 4.98. The Morgan fingerprint density at radius 1 is 1.42 bits per heavy atom. The van der Waals surface area contributed by atoms with Crippen molar-refractivity contribution in [1.29, 1.82) is 0 Å². The standard InChI is InChI=1S/C12H13ClFNO2S2/c1-2-18-7-6-15-8-11(19(13,16)17)12-9(14)4-3-5-10(12)15/h3-5,8H,2,6-7H2,1H3. The van der Waals surface area contributed by atoms with E-state index >= 15 is 0 Å². The molecule has 0 aliphatic rings. The number of nitrogens with zero attached hydrogens (tertiary/aromatic N) is 1. The fraction of sp³-hybridized carbons (Fsp3) is 0.333. The quantitative estimate of drug-likeness (QED) is 0.625. The summed E-state index contributed by atoms with van der Waals surface area (Å²) in [5.74, 6) is 1.24. The van der Waals surface area contributed by atoms with E-state index in [0.717, 1.165) is 11.5 Å². The van der Waals surface area contributed by atoms with Crippen LogP contribution in [0.15, 0.2) is 29.3 Å². The summed E-state index contributed by atoms with van der Waals surface area (Å²) in [5.41, 5.74) is 0.552. The number of halogens is 2. The van der Waals surface area contributed by atoms with Gasteiger partial charge in [-0.1, -0.05) is 13.0 Å². The van der Waals surface area contributed by atoms with Gasteiger partial charge in [-0.05, 0) is 17.9 Å². The number of aromatic nitrogens is 1. The third kappa shape index (κ3) is 3.07. The molecule has 1 aromatic heterocycles. The molecule has 0 bridgehead atoms. The number of rotatable bonds is 5. The Labute approximate surface area is 120 Å². The van der Waals surface area contributed by atoms with Gasteiger partial charge < -0.3 is 4.57 Å². The Morgan fingerprint density at radius 3 is 2.79 bits per heavy atom. The normalized spacial score (nSPS) is 12.2. The number of fused-ring (bicyclic) bond motifs is 1. The molecular weight excluding hydrogens is 309 g/mol. The van der Waals surface area contributed by atoms with E-state index in [2.05, 4.69) is 0 Å². The van der Waals surface area contributed by atoms with Crippen LogP contribution in [0.3, 0.4) is 0 Å². The van der Waals surface area contributed by atoms with E-state index in [1.54, 1.807) is 28.5 Å². The maximum atomic E-state index is 13.8. The molecule has 2 rings (SSSR count). The number of hydrogen-bond acceptors (Lipinski definition) is 3. The predicted octanol–water partition coefficient (Wildman–Crippen LogP) is 3.46. The van der Waals surface area contributed by atoms with Gasteiger partial charge in [0.15, 0.2) is 0 Å². The maximum Gasteiger partial charge on any atom is 0.263 e. The first-order chi connectivity index (χ1) is 8.95. The molecule has 3 nitrogen and oxygen atoms in total. The molecule has 1 aromatic carbocycles. The molecule has 0 fully saturated rings. The zero-order valence-corrected chi connectivity index (χ0v) is 12.7. The molecule has 0 spiro atoms. The highest BCUT2D eigenvalue weighted by atomic mass is 35.7. The molecule has 0 radical (unpaired) electrons. The highest BCUT2D eigenvalue weighted by molar-refractivity contribution is 8.14. The fourth-order valence-electron chi connectivity index (χ4n) is 1.95. The molecule has 0 N–H and O–H groups in total. The second kappa shape index (κ2) is 5.73. The molecule has 2 aromatic rings. The van der Waals surface area contributed by atoms with Crippen LogP contribution in [0.25, 0.3) is 10.9 Å². The summed E-state index contributed by atoms with van der Waals surface area (Å²) in [5, 5.41) is 0.0685. The number of aryl methyl sites for hydroxylation is 1. The average Bonchev–Trinajstić information content (AvgIpc) is 2.70. The zero-order chi connectivity index (χ0) is 14.0. The molecule has 0 saturated heterocycles. The van der Waals surface area contributed by atoms with Gasteiger partial charge in [-0.2, -0.15) is 11.8 Å². The molecule has 0 unspecified atom stereocenters. The Morgan fingerprint density at radius 2 is 2.16 bits per heavy atom. The summed E-state index contributed by atoms with van der Waals surface area (Å²) in [6, 6.07) is 4.49. The smallest absolute Gasteiger partial charge is 0.263 e. The summed E-state index contributed by atoms with van der Waals surface area (Å²) in [7, 11) is 1.41. The van der Waals surface area contributed by atoms with E-state index in [1.165, 1.54) is 12.3 Å². The first-order valence-corrected chi connectivity index (χ1v) is 9.21. The Hall–Kier alpha value is -0.720. The van der Waals surface area contributed by atoms with E-state index in [4.69, 9.17) is 10.7 Å². The first kappa shape index (κ1) is 14.7. The van der Waals surface area contributed by atoms with Crippen LogP contribution >= 0.6 is 22.4 Å². The van der Waals surface area contributed by atoms with Crippen molar-refractivity contribution in [3.05, 3.63) is 30.2 Å². The van der Waals surface area contributed by atoms with Gasteiger partial charge in [-0.3, -0.25) is 0 Å². The third-order valence-electron chi connectivity index (χ3n) is 2.76. The Kier molecular flexibility index (Phi) is 4.43. The van der Waals surface area contributed by atoms with Crippen molar-refractivity contribution < 1.29 is 12.8 Å². The molecule has 0 aliphatic heterocycles. The van der Waals surface area contributed by atoms with E-state index in [9.17, 15) is 12.8 Å². The van der Waals surface area contributed by atoms with Crippen molar-refractivity contribution >= 4 is 42.4 Å². The molecule has 19 heavy (non-hydrogen) atoms. The van der Waals surface area contributed by atoms with Gasteiger partial charge in [0.1, 0.15) is 10.7 Å². The van der Waals surface area contributed by atoms with Crippen LogP contribution in [0.2, 0.25) is 0 Å². The van der Waals surface area contributed by atoms with Gasteiger partial charge in [-0.15, -0.1) is 0 Å². The van der Waals surface area contributed by atoms with Gasteiger partial charge in [-0.25, -0.2) is 12.8 Å². The summed E-state index contributed by atoms with van der Waals surface area (Å²) in [4.78, 5) is -0.163. The van der Waals surface area contributed by atoms with Crippen LogP contribution < -0.4 is 0 Å². The second-order valence-corrected chi connectivity index (χ2v) is 7.88. The number of hydrogen-bond donors (Lipinski definition) is 0. The molecule has 1 heterocycles. The summed E-state index contributed by atoms with van der Waals surface area (Å²) in [6.07, 6.45) is 1.41. The van der Waals surface area contributed by atoms with Crippen molar-refractivity contribution in [3.8, 4) is 0 Å². The van der Waals surface area contributed by atoms with Gasteiger partial charge >= 0.3 is 0 Å². The monoisotopic (exact) mass is 321 g/mol. The van der Waals surface area contributed by atoms with Gasteiger partial charge in [0.2, 0.25) is 0 Å². The minimum atomic E-state index is -3.96. The van der Waals surface area contributed by atoms with Crippen LogP contribution in [-0.4, -0.2) is 24.5 Å². The average molecular weight is 322 g/mol. The van der Waals surface area contributed by atoms with E-state index in [1.807, 2.05) is 6.92 Å². The van der Waals surface area contributed by atoms with Gasteiger partial charge in [0.05, 0.1) is 10.9 Å². The molecule has 0 saturated carbocycles. The largest absolute Gasteiger partial charge is 0.345 e. The van der Waals surface area contributed by atoms with Crippen LogP contribution in [-0.2, 0) is 15.6 Å². The highest BCUT2D eigenvalue weighted by Crippen LogP contribution is 2.30. The summed E-state index contributed by atoms with van der Waals surface area (Å²) in [6.45, 7) is 2.66. The minimum Gasteiger partial charge on any atom is -0.345 e. The lowest BCUT2D eigenvalue weighted by atomic mass is 10.2. The molecular formula is C12H13ClFNO2S2. The van der Waals surface area contributed by atoms with Gasteiger partial charge in [0.25, 0.3) is 9.05 Å². The maximum absolute atomic E-state index is 13.8. The second-order valence-electron chi connectivity index (χ2n) is 3.96. The fourth-order valence-corrected chi connectivity index (χ4v) is 3.61. The Bertz CT molecular complexity index is 697. The van der Waals surface area contributed by atoms with Crippen molar-refractivity contribution in [3.63, 3.8) is 0 Å². The van der Waals surface area contributed by atoms with Crippen molar-refractivity contribution in [2.24, 2.45) is 0 Å². The predicted molar refractivity (Wildman–Crippen MR) is 77.9 cm³/mol. The summed E-state index contributed by atoms with van der Waals surface area (Å²) >= 11 is 1.74. The number of benzene rings is 1. The topological polar surface area (TPSA) is 39.1 Å². The van der Waals surface area contributed by atoms with E-state index in [0.29, 0.717) is 12.1 Å². The number of thioether (sulfide) groups is 1. The molecule has 0 aliphatic carbocycles. The van der Waals surface area contributed by atoms with Gasteiger partial charge in [0, 0.05) is 29.2 Å². The van der Waals surface area contributed by atoms with Crippen LogP contribution in [0.4, 0.5) is 4.39 Å².